The number of para-hydroxylation sites is 1. The van der Waals surface area contributed by atoms with Crippen molar-refractivity contribution in [3.63, 3.8) is 0 Å². The SMILES string of the molecule is CC(C)CC(c1ccc(OC(OCCCC(=O)Oc2ccccc2)C(C)C)cc1)C(C)C. The summed E-state index contributed by atoms with van der Waals surface area (Å²) in [5, 5.41) is 0. The van der Waals surface area contributed by atoms with Crippen LogP contribution in [0.25, 0.3) is 0 Å². The highest BCUT2D eigenvalue weighted by molar-refractivity contribution is 5.72. The summed E-state index contributed by atoms with van der Waals surface area (Å²) < 4.78 is 17.4. The van der Waals surface area contributed by atoms with Gasteiger partial charge in [0.15, 0.2) is 0 Å². The number of rotatable bonds is 13. The highest BCUT2D eigenvalue weighted by Gasteiger charge is 2.19. The van der Waals surface area contributed by atoms with Crippen molar-refractivity contribution in [1.29, 1.82) is 0 Å². The summed E-state index contributed by atoms with van der Waals surface area (Å²) in [6, 6.07) is 17.6. The molecule has 4 nitrogen and oxygen atoms in total. The first kappa shape index (κ1) is 25.9. The van der Waals surface area contributed by atoms with Crippen molar-refractivity contribution in [3.05, 3.63) is 60.2 Å². The maximum absolute atomic E-state index is 12.0. The average Bonchev–Trinajstić information content (AvgIpc) is 2.75. The summed E-state index contributed by atoms with van der Waals surface area (Å²) >= 11 is 0. The van der Waals surface area contributed by atoms with E-state index in [4.69, 9.17) is 14.2 Å². The summed E-state index contributed by atoms with van der Waals surface area (Å²) in [6.07, 6.45) is 1.72. The van der Waals surface area contributed by atoms with Gasteiger partial charge in [-0.05, 0) is 60.4 Å². The minimum Gasteiger partial charge on any atom is -0.465 e. The Bertz CT molecular complexity index is 781. The molecule has 0 aliphatic rings. The number of benzene rings is 2. The average molecular weight is 441 g/mol. The molecular formula is C28H40O4. The molecule has 0 radical (unpaired) electrons. The molecule has 0 saturated heterocycles. The molecule has 4 heteroatoms. The molecule has 0 aliphatic carbocycles. The van der Waals surface area contributed by atoms with Gasteiger partial charge in [0.2, 0.25) is 6.29 Å². The zero-order chi connectivity index (χ0) is 23.5. The van der Waals surface area contributed by atoms with E-state index in [0.717, 1.165) is 5.75 Å². The van der Waals surface area contributed by atoms with Crippen LogP contribution in [0.3, 0.4) is 0 Å². The zero-order valence-electron chi connectivity index (χ0n) is 20.5. The van der Waals surface area contributed by atoms with Gasteiger partial charge in [0.05, 0.1) is 6.61 Å². The third-order valence-electron chi connectivity index (χ3n) is 5.42. The largest absolute Gasteiger partial charge is 0.465 e. The minimum atomic E-state index is -0.359. The van der Waals surface area contributed by atoms with Gasteiger partial charge in [-0.2, -0.15) is 0 Å². The highest BCUT2D eigenvalue weighted by atomic mass is 16.7. The normalized spacial score (nSPS) is 13.4. The standard InChI is InChI=1S/C28H40O4/c1-20(2)19-26(21(3)4)23-14-16-25(17-15-23)32-28(22(5)6)30-18-10-13-27(29)31-24-11-8-7-9-12-24/h7-9,11-12,14-17,20-22,26,28H,10,13,18-19H2,1-6H3. The summed E-state index contributed by atoms with van der Waals surface area (Å²) in [5.41, 5.74) is 1.36. The van der Waals surface area contributed by atoms with Gasteiger partial charge in [-0.3, -0.25) is 4.79 Å². The molecule has 0 bridgehead atoms. The van der Waals surface area contributed by atoms with E-state index in [1.165, 1.54) is 12.0 Å². The molecule has 2 unspecified atom stereocenters. The maximum Gasteiger partial charge on any atom is 0.311 e. The van der Waals surface area contributed by atoms with E-state index in [9.17, 15) is 4.79 Å². The predicted molar refractivity (Wildman–Crippen MR) is 130 cm³/mol. The topological polar surface area (TPSA) is 44.8 Å². The van der Waals surface area contributed by atoms with Crippen molar-refractivity contribution in [3.8, 4) is 11.5 Å². The van der Waals surface area contributed by atoms with Crippen LogP contribution in [0.5, 0.6) is 11.5 Å². The lowest BCUT2D eigenvalue weighted by atomic mass is 9.82. The Hall–Kier alpha value is -2.33. The molecular weight excluding hydrogens is 400 g/mol. The minimum absolute atomic E-state index is 0.190. The molecule has 0 N–H and O–H groups in total. The van der Waals surface area contributed by atoms with Crippen LogP contribution in [0, 0.1) is 17.8 Å². The first-order valence-corrected chi connectivity index (χ1v) is 11.9. The van der Waals surface area contributed by atoms with Crippen LogP contribution in [0.2, 0.25) is 0 Å². The van der Waals surface area contributed by atoms with Crippen LogP contribution >= 0.6 is 0 Å². The van der Waals surface area contributed by atoms with Crippen LogP contribution in [-0.2, 0) is 9.53 Å². The van der Waals surface area contributed by atoms with E-state index in [-0.39, 0.29) is 18.2 Å². The van der Waals surface area contributed by atoms with E-state index in [1.54, 1.807) is 12.1 Å². The number of ether oxygens (including phenoxy) is 3. The highest BCUT2D eigenvalue weighted by Crippen LogP contribution is 2.32. The van der Waals surface area contributed by atoms with Gasteiger partial charge in [-0.25, -0.2) is 0 Å². The maximum atomic E-state index is 12.0. The van der Waals surface area contributed by atoms with Crippen molar-refractivity contribution in [2.24, 2.45) is 17.8 Å². The van der Waals surface area contributed by atoms with E-state index >= 15 is 0 Å². The third-order valence-corrected chi connectivity index (χ3v) is 5.42. The molecule has 0 fully saturated rings. The van der Waals surface area contributed by atoms with E-state index in [0.29, 0.717) is 43.0 Å². The lowest BCUT2D eigenvalue weighted by Gasteiger charge is -2.25. The fourth-order valence-corrected chi connectivity index (χ4v) is 3.68. The van der Waals surface area contributed by atoms with Crippen LogP contribution in [0.1, 0.15) is 72.3 Å². The molecule has 0 aromatic heterocycles. The van der Waals surface area contributed by atoms with Gasteiger partial charge in [0.25, 0.3) is 0 Å². The van der Waals surface area contributed by atoms with Gasteiger partial charge >= 0.3 is 5.97 Å². The Kier molecular flexibility index (Phi) is 10.8. The van der Waals surface area contributed by atoms with Crippen molar-refractivity contribution in [2.45, 2.75) is 73.0 Å². The lowest BCUT2D eigenvalue weighted by molar-refractivity contribution is -0.136. The summed E-state index contributed by atoms with van der Waals surface area (Å²) in [4.78, 5) is 12.0. The van der Waals surface area contributed by atoms with Crippen LogP contribution < -0.4 is 9.47 Å². The van der Waals surface area contributed by atoms with Crippen molar-refractivity contribution in [2.75, 3.05) is 6.61 Å². The van der Waals surface area contributed by atoms with Crippen molar-refractivity contribution >= 4 is 5.97 Å². The molecule has 0 saturated carbocycles. The Morgan fingerprint density at radius 3 is 2.03 bits per heavy atom. The number of carbonyl (C=O) groups excluding carboxylic acids is 1. The monoisotopic (exact) mass is 440 g/mol. The molecule has 2 rings (SSSR count). The first-order valence-electron chi connectivity index (χ1n) is 11.9. The lowest BCUT2D eigenvalue weighted by Crippen LogP contribution is -2.27. The van der Waals surface area contributed by atoms with Crippen molar-refractivity contribution in [1.82, 2.24) is 0 Å². The number of esters is 1. The molecule has 0 spiro atoms. The second-order valence-corrected chi connectivity index (χ2v) is 9.54. The molecule has 32 heavy (non-hydrogen) atoms. The van der Waals surface area contributed by atoms with E-state index in [1.807, 2.05) is 30.3 Å². The molecule has 2 atom stereocenters. The van der Waals surface area contributed by atoms with Crippen LogP contribution in [0.15, 0.2) is 54.6 Å². The summed E-state index contributed by atoms with van der Waals surface area (Å²) in [5.74, 6) is 3.14. The Balaban J connectivity index is 1.83. The quantitative estimate of drug-likeness (QED) is 0.143. The van der Waals surface area contributed by atoms with E-state index in [2.05, 4.69) is 53.7 Å². The third kappa shape index (κ3) is 9.04. The molecule has 0 aliphatic heterocycles. The van der Waals surface area contributed by atoms with Gasteiger partial charge < -0.3 is 14.2 Å². The number of carbonyl (C=O) groups is 1. The Labute approximate surface area is 194 Å². The van der Waals surface area contributed by atoms with Gasteiger partial charge in [0, 0.05) is 12.3 Å². The fourth-order valence-electron chi connectivity index (χ4n) is 3.68. The van der Waals surface area contributed by atoms with Gasteiger partial charge in [0.1, 0.15) is 11.5 Å². The molecule has 2 aromatic rings. The molecule has 176 valence electrons. The Morgan fingerprint density at radius 1 is 0.812 bits per heavy atom. The molecule has 2 aromatic carbocycles. The second kappa shape index (κ2) is 13.3. The number of hydrogen-bond acceptors (Lipinski definition) is 4. The van der Waals surface area contributed by atoms with Crippen LogP contribution in [0.4, 0.5) is 0 Å². The fraction of sp³-hybridized carbons (Fsp3) is 0.536. The smallest absolute Gasteiger partial charge is 0.311 e. The molecule has 0 heterocycles. The molecule has 0 amide bonds. The van der Waals surface area contributed by atoms with Gasteiger partial charge in [-0.15, -0.1) is 0 Å². The van der Waals surface area contributed by atoms with Gasteiger partial charge in [-0.1, -0.05) is 71.9 Å². The second-order valence-electron chi connectivity index (χ2n) is 9.54. The predicted octanol–water partition coefficient (Wildman–Crippen LogP) is 7.24. The first-order chi connectivity index (χ1) is 15.3. The number of hydrogen-bond donors (Lipinski definition) is 0. The summed E-state index contributed by atoms with van der Waals surface area (Å²) in [6.45, 7) is 13.7. The van der Waals surface area contributed by atoms with E-state index < -0.39 is 0 Å². The van der Waals surface area contributed by atoms with Crippen LogP contribution in [-0.4, -0.2) is 18.9 Å². The zero-order valence-corrected chi connectivity index (χ0v) is 20.5. The van der Waals surface area contributed by atoms with Crippen molar-refractivity contribution < 1.29 is 19.0 Å². The Morgan fingerprint density at radius 2 is 1.47 bits per heavy atom. The summed E-state index contributed by atoms with van der Waals surface area (Å²) in [7, 11) is 0.